The van der Waals surface area contributed by atoms with E-state index < -0.39 is 53.7 Å². The number of hydrogen-bond acceptors (Lipinski definition) is 7. The standard InChI is InChI=1S/C28H32ClFN2O7/c1-15(33)16-9-11-21-18(12-16)23(31-25(35)17-8-10-20(30)19(29)13-17)24(28(5,6)38-21)37-22(34)14-32(7)26(36)39-27(2,3)4/h8-13,23-24H,14H2,1-7H3,(H,31,35)/t23-,24-/m0/s1. The maximum Gasteiger partial charge on any atom is 0.410 e. The third kappa shape index (κ3) is 7.26. The monoisotopic (exact) mass is 562 g/mol. The van der Waals surface area contributed by atoms with E-state index in [-0.39, 0.29) is 16.4 Å². The van der Waals surface area contributed by atoms with Crippen LogP contribution in [0, 0.1) is 5.82 Å². The lowest BCUT2D eigenvalue weighted by Gasteiger charge is -2.44. The number of likely N-dealkylation sites (N-methyl/N-ethyl adjacent to an activating group) is 1. The van der Waals surface area contributed by atoms with Crippen LogP contribution in [-0.4, -0.2) is 59.6 Å². The minimum absolute atomic E-state index is 0.0738. The summed E-state index contributed by atoms with van der Waals surface area (Å²) in [5.74, 6) is -1.92. The number of halogens is 2. The van der Waals surface area contributed by atoms with Gasteiger partial charge in [-0.2, -0.15) is 0 Å². The molecule has 0 bridgehead atoms. The number of rotatable bonds is 6. The Balaban J connectivity index is 1.95. The summed E-state index contributed by atoms with van der Waals surface area (Å²) in [7, 11) is 1.39. The first-order valence-corrected chi connectivity index (χ1v) is 12.6. The van der Waals surface area contributed by atoms with Crippen LogP contribution in [0.25, 0.3) is 0 Å². The number of esters is 1. The number of Topliss-reactive ketones (excluding diaryl/α,β-unsaturated/α-hetero) is 1. The molecule has 1 aliphatic heterocycles. The Morgan fingerprint density at radius 3 is 2.33 bits per heavy atom. The summed E-state index contributed by atoms with van der Waals surface area (Å²) in [5, 5.41) is 2.59. The molecule has 11 heteroatoms. The fraction of sp³-hybridized carbons (Fsp3) is 0.429. The van der Waals surface area contributed by atoms with Gasteiger partial charge in [-0.15, -0.1) is 0 Å². The molecule has 0 radical (unpaired) electrons. The highest BCUT2D eigenvalue weighted by Crippen LogP contribution is 2.42. The summed E-state index contributed by atoms with van der Waals surface area (Å²) in [6.07, 6.45) is -1.81. The van der Waals surface area contributed by atoms with Gasteiger partial charge in [-0.3, -0.25) is 14.4 Å². The Morgan fingerprint density at radius 2 is 1.74 bits per heavy atom. The van der Waals surface area contributed by atoms with Gasteiger partial charge in [-0.25, -0.2) is 9.18 Å². The van der Waals surface area contributed by atoms with E-state index in [4.69, 9.17) is 25.8 Å². The number of fused-ring (bicyclic) bond motifs is 1. The second-order valence-electron chi connectivity index (χ2n) is 10.8. The van der Waals surface area contributed by atoms with Gasteiger partial charge >= 0.3 is 12.1 Å². The molecule has 0 fully saturated rings. The molecule has 0 unspecified atom stereocenters. The van der Waals surface area contributed by atoms with E-state index in [1.807, 2.05) is 0 Å². The number of nitrogens with one attached hydrogen (secondary N) is 1. The fourth-order valence-electron chi connectivity index (χ4n) is 4.01. The van der Waals surface area contributed by atoms with Crippen molar-refractivity contribution >= 4 is 35.4 Å². The summed E-state index contributed by atoms with van der Waals surface area (Å²) in [4.78, 5) is 51.8. The summed E-state index contributed by atoms with van der Waals surface area (Å²) in [5.41, 5.74) is -1.07. The summed E-state index contributed by atoms with van der Waals surface area (Å²) < 4.78 is 30.9. The Morgan fingerprint density at radius 1 is 1.10 bits per heavy atom. The van der Waals surface area contributed by atoms with Crippen molar-refractivity contribution in [2.75, 3.05) is 13.6 Å². The van der Waals surface area contributed by atoms with Crippen LogP contribution in [0.5, 0.6) is 5.75 Å². The Labute approximate surface area is 231 Å². The van der Waals surface area contributed by atoms with Gasteiger partial charge in [0.15, 0.2) is 11.9 Å². The Hall–Kier alpha value is -3.66. The lowest BCUT2D eigenvalue weighted by atomic mass is 9.85. The SMILES string of the molecule is CC(=O)c1ccc2c(c1)[C@H](NC(=O)c1ccc(F)c(Cl)c1)[C@H](OC(=O)CN(C)C(=O)OC(C)(C)C)C(C)(C)O2. The van der Waals surface area contributed by atoms with Crippen LogP contribution in [0.1, 0.15) is 73.9 Å². The molecule has 2 amide bonds. The molecule has 2 aromatic carbocycles. The molecule has 0 saturated carbocycles. The molecule has 0 aromatic heterocycles. The van der Waals surface area contributed by atoms with Crippen LogP contribution in [0.15, 0.2) is 36.4 Å². The highest BCUT2D eigenvalue weighted by molar-refractivity contribution is 6.31. The minimum atomic E-state index is -1.15. The zero-order chi connectivity index (χ0) is 29.3. The van der Waals surface area contributed by atoms with Gasteiger partial charge in [0.05, 0.1) is 11.1 Å². The second kappa shape index (κ2) is 11.2. The summed E-state index contributed by atoms with van der Waals surface area (Å²) in [6, 6.07) is 7.30. The fourth-order valence-corrected chi connectivity index (χ4v) is 4.19. The minimum Gasteiger partial charge on any atom is -0.484 e. The van der Waals surface area contributed by atoms with Gasteiger partial charge in [-0.05, 0) is 77.9 Å². The summed E-state index contributed by atoms with van der Waals surface area (Å²) in [6.45, 7) is 9.42. The zero-order valence-corrected chi connectivity index (χ0v) is 23.6. The van der Waals surface area contributed by atoms with Gasteiger partial charge in [0.1, 0.15) is 29.3 Å². The zero-order valence-electron chi connectivity index (χ0n) is 22.9. The van der Waals surface area contributed by atoms with Gasteiger partial charge < -0.3 is 24.4 Å². The average Bonchev–Trinajstić information content (AvgIpc) is 2.81. The number of hydrogen-bond donors (Lipinski definition) is 1. The quantitative estimate of drug-likeness (QED) is 0.385. The highest BCUT2D eigenvalue weighted by Gasteiger charge is 2.47. The van der Waals surface area contributed by atoms with E-state index in [0.717, 1.165) is 11.0 Å². The van der Waals surface area contributed by atoms with Crippen LogP contribution in [0.4, 0.5) is 9.18 Å². The van der Waals surface area contributed by atoms with Crippen molar-refractivity contribution in [1.29, 1.82) is 0 Å². The smallest absolute Gasteiger partial charge is 0.410 e. The largest absolute Gasteiger partial charge is 0.484 e. The molecular formula is C28H32ClFN2O7. The average molecular weight is 563 g/mol. The number of ketones is 1. The molecule has 0 aliphatic carbocycles. The Bertz CT molecular complexity index is 1310. The van der Waals surface area contributed by atoms with Crippen molar-refractivity contribution in [3.63, 3.8) is 0 Å². The van der Waals surface area contributed by atoms with Gasteiger partial charge in [-0.1, -0.05) is 11.6 Å². The molecule has 39 heavy (non-hydrogen) atoms. The van der Waals surface area contributed by atoms with Gasteiger partial charge in [0, 0.05) is 23.7 Å². The van der Waals surface area contributed by atoms with Crippen LogP contribution in [0.2, 0.25) is 5.02 Å². The van der Waals surface area contributed by atoms with Crippen LogP contribution in [-0.2, 0) is 14.3 Å². The number of carbonyl (C=O) groups excluding carboxylic acids is 4. The molecule has 1 aliphatic rings. The topological polar surface area (TPSA) is 111 Å². The molecule has 2 atom stereocenters. The molecule has 210 valence electrons. The number of nitrogens with zero attached hydrogens (tertiary/aromatic N) is 1. The van der Waals surface area contributed by atoms with Crippen molar-refractivity contribution in [2.24, 2.45) is 0 Å². The van der Waals surface area contributed by atoms with Crippen molar-refractivity contribution in [3.8, 4) is 5.75 Å². The predicted octanol–water partition coefficient (Wildman–Crippen LogP) is 5.10. The highest BCUT2D eigenvalue weighted by atomic mass is 35.5. The third-order valence-corrected chi connectivity index (χ3v) is 6.20. The van der Waals surface area contributed by atoms with Crippen molar-refractivity contribution < 1.29 is 37.8 Å². The molecule has 3 rings (SSSR count). The molecular weight excluding hydrogens is 531 g/mol. The van der Waals surface area contributed by atoms with Crippen LogP contribution >= 0.6 is 11.6 Å². The molecule has 0 saturated heterocycles. The van der Waals surface area contributed by atoms with Crippen LogP contribution < -0.4 is 10.1 Å². The number of carbonyl (C=O) groups is 4. The lowest BCUT2D eigenvalue weighted by molar-refractivity contribution is -0.166. The maximum atomic E-state index is 13.7. The van der Waals surface area contributed by atoms with Crippen molar-refractivity contribution in [1.82, 2.24) is 10.2 Å². The van der Waals surface area contributed by atoms with E-state index in [0.29, 0.717) is 16.9 Å². The van der Waals surface area contributed by atoms with Gasteiger partial charge in [0.25, 0.3) is 5.91 Å². The molecule has 1 N–H and O–H groups in total. The molecule has 2 aromatic rings. The maximum absolute atomic E-state index is 13.7. The predicted molar refractivity (Wildman–Crippen MR) is 142 cm³/mol. The first-order chi connectivity index (χ1) is 18.0. The van der Waals surface area contributed by atoms with Crippen LogP contribution in [0.3, 0.4) is 0 Å². The first kappa shape index (κ1) is 29.9. The van der Waals surface area contributed by atoms with Crippen molar-refractivity contribution in [3.05, 3.63) is 63.9 Å². The van der Waals surface area contributed by atoms with Crippen molar-refractivity contribution in [2.45, 2.75) is 64.9 Å². The van der Waals surface area contributed by atoms with E-state index in [2.05, 4.69) is 5.32 Å². The third-order valence-electron chi connectivity index (χ3n) is 5.91. The first-order valence-electron chi connectivity index (χ1n) is 12.2. The van der Waals surface area contributed by atoms with E-state index in [9.17, 15) is 23.6 Å². The molecule has 1 heterocycles. The van der Waals surface area contributed by atoms with E-state index >= 15 is 0 Å². The molecule has 9 nitrogen and oxygen atoms in total. The number of ether oxygens (including phenoxy) is 3. The van der Waals surface area contributed by atoms with Gasteiger partial charge in [0.2, 0.25) is 0 Å². The van der Waals surface area contributed by atoms with E-state index in [1.54, 1.807) is 52.8 Å². The second-order valence-corrected chi connectivity index (χ2v) is 11.2. The lowest BCUT2D eigenvalue weighted by Crippen LogP contribution is -2.56. The normalized spacial score (nSPS) is 17.8. The number of amides is 2. The molecule has 0 spiro atoms. The Kier molecular flexibility index (Phi) is 8.60. The van der Waals surface area contributed by atoms with E-state index in [1.165, 1.54) is 26.1 Å². The number of benzene rings is 2. The summed E-state index contributed by atoms with van der Waals surface area (Å²) >= 11 is 5.87.